The summed E-state index contributed by atoms with van der Waals surface area (Å²) in [4.78, 5) is 0. The smallest absolute Gasteiger partial charge is 0.0730 e. The molecular formula is C51H60Si. The molecule has 0 spiro atoms. The van der Waals surface area contributed by atoms with Crippen LogP contribution in [0.15, 0.2) is 138 Å². The molecule has 0 fully saturated rings. The summed E-state index contributed by atoms with van der Waals surface area (Å²) >= 11 is 0. The Hall–Kier alpha value is -4.20. The summed E-state index contributed by atoms with van der Waals surface area (Å²) in [6, 6.07) is 45.1. The maximum absolute atomic E-state index is 3.04. The van der Waals surface area contributed by atoms with Crippen molar-refractivity contribution in [2.24, 2.45) is 0 Å². The number of benzene rings is 5. The first-order chi connectivity index (χ1) is 24.5. The molecule has 0 saturated heterocycles. The third-order valence-corrected chi connectivity index (χ3v) is 17.7. The van der Waals surface area contributed by atoms with E-state index in [1.165, 1.54) is 76.8 Å². The molecule has 0 saturated carbocycles. The number of aryl methyl sites for hydroxylation is 2. The van der Waals surface area contributed by atoms with Crippen molar-refractivity contribution in [3.63, 3.8) is 0 Å². The largest absolute Gasteiger partial charge is 0.161 e. The molecule has 0 aromatic heterocycles. The zero-order valence-electron chi connectivity index (χ0n) is 34.0. The zero-order valence-corrected chi connectivity index (χ0v) is 35.0. The quantitative estimate of drug-likeness (QED) is 0.112. The molecule has 2 atom stereocenters. The SMILES string of the molecule is CCc1cc(CC)cc([Si](c2cc(-c3ccccc3)cc(-c3ccccc3)c2)(c2cc(C(C)(C)C)cc(C(C)(C)C)c2)C2(C)C=C(C)C(C)=C2C)c1. The predicted octanol–water partition coefficient (Wildman–Crippen LogP) is 12.3. The van der Waals surface area contributed by atoms with E-state index in [9.17, 15) is 0 Å². The molecule has 0 amide bonds. The maximum atomic E-state index is 2.67. The van der Waals surface area contributed by atoms with Crippen molar-refractivity contribution in [2.45, 2.75) is 112 Å². The fourth-order valence-electron chi connectivity index (χ4n) is 8.66. The van der Waals surface area contributed by atoms with Gasteiger partial charge in [-0.05, 0) is 116 Å². The Balaban J connectivity index is 1.92. The lowest BCUT2D eigenvalue weighted by molar-refractivity contribution is 0.569. The van der Waals surface area contributed by atoms with Crippen molar-refractivity contribution in [2.75, 3.05) is 0 Å². The van der Waals surface area contributed by atoms with Crippen molar-refractivity contribution in [1.29, 1.82) is 0 Å². The van der Waals surface area contributed by atoms with Gasteiger partial charge in [-0.2, -0.15) is 0 Å². The Morgan fingerprint density at radius 2 is 0.923 bits per heavy atom. The van der Waals surface area contributed by atoms with Gasteiger partial charge in [0.15, 0.2) is 8.07 Å². The van der Waals surface area contributed by atoms with E-state index in [0.717, 1.165) is 12.8 Å². The van der Waals surface area contributed by atoms with Gasteiger partial charge in [-0.25, -0.2) is 0 Å². The van der Waals surface area contributed by atoms with Crippen LogP contribution in [-0.2, 0) is 23.7 Å². The second-order valence-electron chi connectivity index (χ2n) is 17.6. The van der Waals surface area contributed by atoms with Gasteiger partial charge in [-0.1, -0.05) is 189 Å². The molecule has 0 N–H and O–H groups in total. The van der Waals surface area contributed by atoms with Crippen LogP contribution in [0.3, 0.4) is 0 Å². The molecule has 6 rings (SSSR count). The summed E-state index contributed by atoms with van der Waals surface area (Å²) in [6.07, 6.45) is 4.70. The monoisotopic (exact) mass is 700 g/mol. The second kappa shape index (κ2) is 14.0. The zero-order chi connectivity index (χ0) is 37.6. The van der Waals surface area contributed by atoms with Crippen LogP contribution in [0.5, 0.6) is 0 Å². The third-order valence-electron chi connectivity index (χ3n) is 12.2. The summed E-state index contributed by atoms with van der Waals surface area (Å²) < 4.78 is 0. The molecule has 268 valence electrons. The second-order valence-corrected chi connectivity index (χ2v) is 21.9. The molecule has 5 aromatic carbocycles. The first-order valence-electron chi connectivity index (χ1n) is 19.5. The third kappa shape index (κ3) is 6.62. The maximum Gasteiger partial charge on any atom is 0.161 e. The molecular weight excluding hydrogens is 641 g/mol. The van der Waals surface area contributed by atoms with Gasteiger partial charge in [-0.3, -0.25) is 0 Å². The number of rotatable bonds is 8. The van der Waals surface area contributed by atoms with Gasteiger partial charge < -0.3 is 0 Å². The summed E-state index contributed by atoms with van der Waals surface area (Å²) in [5.74, 6) is 0. The normalized spacial score (nSPS) is 17.7. The van der Waals surface area contributed by atoms with E-state index in [1.807, 2.05) is 0 Å². The molecule has 0 nitrogen and oxygen atoms in total. The lowest BCUT2D eigenvalue weighted by Crippen LogP contribution is -2.73. The van der Waals surface area contributed by atoms with Crippen LogP contribution in [0.2, 0.25) is 5.04 Å². The molecule has 1 heteroatoms. The summed E-state index contributed by atoms with van der Waals surface area (Å²) in [5.41, 5.74) is 15.1. The number of hydrogen-bond acceptors (Lipinski definition) is 0. The fraction of sp³-hybridized carbons (Fsp3) is 0.333. The average Bonchev–Trinajstić information content (AvgIpc) is 3.33. The first kappa shape index (κ1) is 37.6. The van der Waals surface area contributed by atoms with Gasteiger partial charge in [0.1, 0.15) is 0 Å². The predicted molar refractivity (Wildman–Crippen MR) is 232 cm³/mol. The standard InChI is InChI=1S/C51H60Si/c1-13-38-25-39(14-2)27-46(26-38)52(51(12)34-35(3)36(4)37(51)5,48-32-44(49(6,7)8)31-45(33-48)50(9,10)11)47-29-42(40-21-17-15-18-22-40)28-43(30-47)41-23-19-16-20-24-41/h15-34H,13-14H2,1-12H3. The van der Waals surface area contributed by atoms with Crippen molar-refractivity contribution < 1.29 is 0 Å². The molecule has 0 radical (unpaired) electrons. The highest BCUT2D eigenvalue weighted by Gasteiger charge is 2.56. The highest BCUT2D eigenvalue weighted by molar-refractivity contribution is 7.14. The van der Waals surface area contributed by atoms with Crippen LogP contribution < -0.4 is 15.6 Å². The van der Waals surface area contributed by atoms with Crippen LogP contribution in [0, 0.1) is 0 Å². The van der Waals surface area contributed by atoms with Gasteiger partial charge in [0.2, 0.25) is 0 Å². The van der Waals surface area contributed by atoms with Crippen LogP contribution >= 0.6 is 0 Å². The summed E-state index contributed by atoms with van der Waals surface area (Å²) in [7, 11) is -3.04. The number of allylic oxidation sites excluding steroid dienone is 4. The van der Waals surface area contributed by atoms with E-state index < -0.39 is 8.07 Å². The average molecular weight is 701 g/mol. The van der Waals surface area contributed by atoms with Crippen LogP contribution in [0.4, 0.5) is 0 Å². The molecule has 5 aromatic rings. The Morgan fingerprint density at radius 1 is 0.500 bits per heavy atom. The fourth-order valence-corrected chi connectivity index (χ4v) is 14.9. The van der Waals surface area contributed by atoms with Crippen molar-refractivity contribution in [1.82, 2.24) is 0 Å². The van der Waals surface area contributed by atoms with Crippen LogP contribution in [-0.4, -0.2) is 8.07 Å². The van der Waals surface area contributed by atoms with Gasteiger partial charge in [0.05, 0.1) is 0 Å². The lowest BCUT2D eigenvalue weighted by Gasteiger charge is -2.48. The minimum Gasteiger partial charge on any atom is -0.0730 e. The van der Waals surface area contributed by atoms with Crippen LogP contribution in [0.25, 0.3) is 22.3 Å². The molecule has 1 aliphatic rings. The van der Waals surface area contributed by atoms with E-state index in [1.54, 1.807) is 0 Å². The molecule has 0 heterocycles. The Labute approximate surface area is 316 Å². The van der Waals surface area contributed by atoms with Gasteiger partial charge in [0.25, 0.3) is 0 Å². The number of hydrogen-bond donors (Lipinski definition) is 0. The minimum atomic E-state index is -3.04. The van der Waals surface area contributed by atoms with Crippen LogP contribution in [0.1, 0.15) is 105 Å². The van der Waals surface area contributed by atoms with E-state index in [0.29, 0.717) is 0 Å². The highest BCUT2D eigenvalue weighted by Crippen LogP contribution is 2.53. The molecule has 0 bridgehead atoms. The lowest BCUT2D eigenvalue weighted by atomic mass is 9.81. The van der Waals surface area contributed by atoms with E-state index in [2.05, 4.69) is 204 Å². The first-order valence-corrected chi connectivity index (χ1v) is 21.5. The Bertz CT molecular complexity index is 2040. The Morgan fingerprint density at radius 3 is 1.31 bits per heavy atom. The van der Waals surface area contributed by atoms with E-state index in [4.69, 9.17) is 0 Å². The van der Waals surface area contributed by atoms with E-state index >= 15 is 0 Å². The topological polar surface area (TPSA) is 0 Å². The minimum absolute atomic E-state index is 0.0137. The van der Waals surface area contributed by atoms with E-state index in [-0.39, 0.29) is 15.9 Å². The Kier molecular flexibility index (Phi) is 10.1. The highest BCUT2D eigenvalue weighted by atomic mass is 28.3. The van der Waals surface area contributed by atoms with Crippen molar-refractivity contribution >= 4 is 23.6 Å². The van der Waals surface area contributed by atoms with Gasteiger partial charge in [-0.15, -0.1) is 0 Å². The van der Waals surface area contributed by atoms with Gasteiger partial charge in [0, 0.05) is 5.04 Å². The van der Waals surface area contributed by atoms with Crippen molar-refractivity contribution in [3.8, 4) is 22.3 Å². The summed E-state index contributed by atoms with van der Waals surface area (Å²) in [5, 5.41) is 4.26. The molecule has 0 aliphatic heterocycles. The molecule has 2 unspecified atom stereocenters. The van der Waals surface area contributed by atoms with Crippen molar-refractivity contribution in [3.05, 3.63) is 160 Å². The molecule has 1 aliphatic carbocycles. The summed E-state index contributed by atoms with van der Waals surface area (Å²) in [6.45, 7) is 28.7. The van der Waals surface area contributed by atoms with Gasteiger partial charge >= 0.3 is 0 Å². The molecule has 52 heavy (non-hydrogen) atoms.